The molecule has 0 aliphatic carbocycles. The first kappa shape index (κ1) is 12.0. The molecule has 1 aromatic rings. The second-order valence-electron chi connectivity index (χ2n) is 5.63. The molecule has 3 aliphatic rings. The number of hydrogen-bond donors (Lipinski definition) is 1. The lowest BCUT2D eigenvalue weighted by atomic mass is 10.1. The number of carbonyl (C=O) groups is 1. The average Bonchev–Trinajstić information content (AvgIpc) is 2.84. The Kier molecular flexibility index (Phi) is 2.80. The Morgan fingerprint density at radius 3 is 2.85 bits per heavy atom. The van der Waals surface area contributed by atoms with Crippen molar-refractivity contribution in [1.82, 2.24) is 4.90 Å². The lowest BCUT2D eigenvalue weighted by molar-refractivity contribution is -0.0304. The molecule has 0 aromatic heterocycles. The van der Waals surface area contributed by atoms with Crippen LogP contribution in [0.2, 0.25) is 0 Å². The summed E-state index contributed by atoms with van der Waals surface area (Å²) in [5, 5.41) is 3.27. The maximum atomic E-state index is 12.8. The van der Waals surface area contributed by atoms with Gasteiger partial charge in [0.25, 0.3) is 5.91 Å². The van der Waals surface area contributed by atoms with Crippen LogP contribution in [0.1, 0.15) is 23.2 Å². The zero-order valence-corrected chi connectivity index (χ0v) is 11.3. The molecule has 106 valence electrons. The van der Waals surface area contributed by atoms with Gasteiger partial charge in [0, 0.05) is 19.6 Å². The van der Waals surface area contributed by atoms with Gasteiger partial charge in [-0.05, 0) is 25.0 Å². The van der Waals surface area contributed by atoms with Crippen LogP contribution in [0.3, 0.4) is 0 Å². The molecule has 2 bridgehead atoms. The monoisotopic (exact) mass is 274 g/mol. The minimum atomic E-state index is 0.0609. The standard InChI is InChI=1S/C15H18N2O3/c18-15(17-8-10-4-5-11(9-17)20-10)12-2-1-3-13-14(12)19-7-6-16-13/h1-3,10-11,16H,4-9H2. The molecule has 20 heavy (non-hydrogen) atoms. The summed E-state index contributed by atoms with van der Waals surface area (Å²) >= 11 is 0. The maximum Gasteiger partial charge on any atom is 0.257 e. The van der Waals surface area contributed by atoms with Crippen molar-refractivity contribution in [2.24, 2.45) is 0 Å². The number of morpholine rings is 1. The zero-order valence-electron chi connectivity index (χ0n) is 11.3. The number of likely N-dealkylation sites (tertiary alicyclic amines) is 1. The van der Waals surface area contributed by atoms with E-state index >= 15 is 0 Å². The number of nitrogens with zero attached hydrogens (tertiary/aromatic N) is 1. The summed E-state index contributed by atoms with van der Waals surface area (Å²) < 4.78 is 11.5. The van der Waals surface area contributed by atoms with Gasteiger partial charge < -0.3 is 19.7 Å². The summed E-state index contributed by atoms with van der Waals surface area (Å²) in [6.45, 7) is 2.79. The second-order valence-corrected chi connectivity index (χ2v) is 5.63. The van der Waals surface area contributed by atoms with E-state index in [0.717, 1.165) is 25.1 Å². The second kappa shape index (κ2) is 4.66. The molecule has 1 aromatic carbocycles. The number of amides is 1. The van der Waals surface area contributed by atoms with Crippen molar-refractivity contribution >= 4 is 11.6 Å². The van der Waals surface area contributed by atoms with Crippen LogP contribution in [0.5, 0.6) is 5.75 Å². The smallest absolute Gasteiger partial charge is 0.257 e. The molecule has 4 rings (SSSR count). The first-order valence-electron chi connectivity index (χ1n) is 7.25. The molecule has 5 nitrogen and oxygen atoms in total. The highest BCUT2D eigenvalue weighted by Gasteiger charge is 2.36. The molecule has 2 atom stereocenters. The van der Waals surface area contributed by atoms with Gasteiger partial charge in [0.15, 0.2) is 5.75 Å². The predicted octanol–water partition coefficient (Wildman–Crippen LogP) is 1.49. The van der Waals surface area contributed by atoms with E-state index in [2.05, 4.69) is 5.32 Å². The van der Waals surface area contributed by atoms with Gasteiger partial charge in [0.1, 0.15) is 6.61 Å². The molecule has 0 saturated carbocycles. The Hall–Kier alpha value is -1.75. The number of ether oxygens (including phenoxy) is 2. The van der Waals surface area contributed by atoms with Crippen molar-refractivity contribution in [1.29, 1.82) is 0 Å². The summed E-state index contributed by atoms with van der Waals surface area (Å²) in [4.78, 5) is 14.7. The van der Waals surface area contributed by atoms with E-state index in [0.29, 0.717) is 31.0 Å². The molecule has 0 spiro atoms. The van der Waals surface area contributed by atoms with Crippen molar-refractivity contribution in [3.05, 3.63) is 23.8 Å². The molecule has 1 N–H and O–H groups in total. The molecule has 5 heteroatoms. The van der Waals surface area contributed by atoms with Crippen LogP contribution < -0.4 is 10.1 Å². The Morgan fingerprint density at radius 1 is 1.25 bits per heavy atom. The van der Waals surface area contributed by atoms with E-state index in [-0.39, 0.29) is 18.1 Å². The van der Waals surface area contributed by atoms with Crippen molar-refractivity contribution < 1.29 is 14.3 Å². The molecule has 0 radical (unpaired) electrons. The number of carbonyl (C=O) groups excluding carboxylic acids is 1. The minimum absolute atomic E-state index is 0.0609. The van der Waals surface area contributed by atoms with E-state index in [1.165, 1.54) is 0 Å². The van der Waals surface area contributed by atoms with E-state index in [9.17, 15) is 4.79 Å². The predicted molar refractivity (Wildman–Crippen MR) is 74.2 cm³/mol. The molecule has 3 aliphatic heterocycles. The number of nitrogens with one attached hydrogen (secondary N) is 1. The van der Waals surface area contributed by atoms with E-state index in [4.69, 9.17) is 9.47 Å². The van der Waals surface area contributed by atoms with Crippen LogP contribution in [0.4, 0.5) is 5.69 Å². The topological polar surface area (TPSA) is 50.8 Å². The number of para-hydroxylation sites is 1. The Labute approximate surface area is 117 Å². The number of rotatable bonds is 1. The summed E-state index contributed by atoms with van der Waals surface area (Å²) in [6.07, 6.45) is 2.58. The van der Waals surface area contributed by atoms with Gasteiger partial charge in [-0.1, -0.05) is 6.07 Å². The van der Waals surface area contributed by atoms with Gasteiger partial charge in [-0.2, -0.15) is 0 Å². The average molecular weight is 274 g/mol. The lowest BCUT2D eigenvalue weighted by Gasteiger charge is -2.33. The Morgan fingerprint density at radius 2 is 2.05 bits per heavy atom. The summed E-state index contributed by atoms with van der Waals surface area (Å²) in [5.41, 5.74) is 1.58. The van der Waals surface area contributed by atoms with Gasteiger partial charge in [-0.25, -0.2) is 0 Å². The molecular formula is C15H18N2O3. The van der Waals surface area contributed by atoms with Crippen molar-refractivity contribution in [2.75, 3.05) is 31.6 Å². The van der Waals surface area contributed by atoms with Gasteiger partial charge in [-0.15, -0.1) is 0 Å². The summed E-state index contributed by atoms with van der Waals surface area (Å²) in [7, 11) is 0. The third-order valence-electron chi connectivity index (χ3n) is 4.24. The van der Waals surface area contributed by atoms with Crippen molar-refractivity contribution in [3.63, 3.8) is 0 Å². The van der Waals surface area contributed by atoms with Crippen LogP contribution in [0.25, 0.3) is 0 Å². The van der Waals surface area contributed by atoms with E-state index in [1.54, 1.807) is 0 Å². The SMILES string of the molecule is O=C(c1cccc2c1OCCN2)N1CC2CCC(C1)O2. The number of hydrogen-bond acceptors (Lipinski definition) is 4. The van der Waals surface area contributed by atoms with Crippen LogP contribution in [0.15, 0.2) is 18.2 Å². The third-order valence-corrected chi connectivity index (χ3v) is 4.24. The molecule has 3 heterocycles. The zero-order chi connectivity index (χ0) is 13.5. The van der Waals surface area contributed by atoms with Crippen molar-refractivity contribution in [3.8, 4) is 5.75 Å². The summed E-state index contributed by atoms with van der Waals surface area (Å²) in [6, 6.07) is 5.71. The third kappa shape index (κ3) is 1.93. The first-order valence-corrected chi connectivity index (χ1v) is 7.25. The normalized spacial score (nSPS) is 27.5. The summed E-state index contributed by atoms with van der Waals surface area (Å²) in [5.74, 6) is 0.758. The number of benzene rings is 1. The quantitative estimate of drug-likeness (QED) is 0.843. The minimum Gasteiger partial charge on any atom is -0.489 e. The highest BCUT2D eigenvalue weighted by Crippen LogP contribution is 2.33. The van der Waals surface area contributed by atoms with Gasteiger partial charge in [-0.3, -0.25) is 4.79 Å². The number of fused-ring (bicyclic) bond motifs is 3. The highest BCUT2D eigenvalue weighted by atomic mass is 16.5. The van der Waals surface area contributed by atoms with Crippen molar-refractivity contribution in [2.45, 2.75) is 25.0 Å². The van der Waals surface area contributed by atoms with Gasteiger partial charge >= 0.3 is 0 Å². The van der Waals surface area contributed by atoms with Crippen LogP contribution in [-0.2, 0) is 4.74 Å². The van der Waals surface area contributed by atoms with Crippen LogP contribution in [0, 0.1) is 0 Å². The van der Waals surface area contributed by atoms with Gasteiger partial charge in [0.2, 0.25) is 0 Å². The van der Waals surface area contributed by atoms with Gasteiger partial charge in [0.05, 0.1) is 23.5 Å². The largest absolute Gasteiger partial charge is 0.489 e. The Balaban J connectivity index is 1.62. The molecule has 2 unspecified atom stereocenters. The fourth-order valence-corrected chi connectivity index (χ4v) is 3.29. The fraction of sp³-hybridized carbons (Fsp3) is 0.533. The van der Waals surface area contributed by atoms with Crippen LogP contribution >= 0.6 is 0 Å². The Bertz CT molecular complexity index is 534. The molecule has 1 amide bonds. The fourth-order valence-electron chi connectivity index (χ4n) is 3.29. The van der Waals surface area contributed by atoms with Crippen LogP contribution in [-0.4, -0.2) is 49.3 Å². The highest BCUT2D eigenvalue weighted by molar-refractivity contribution is 5.99. The molecule has 2 saturated heterocycles. The first-order chi connectivity index (χ1) is 9.81. The molecule has 2 fully saturated rings. The van der Waals surface area contributed by atoms with E-state index in [1.807, 2.05) is 23.1 Å². The molecular weight excluding hydrogens is 256 g/mol. The maximum absolute atomic E-state index is 12.8. The number of anilines is 1. The van der Waals surface area contributed by atoms with E-state index < -0.39 is 0 Å². The lowest BCUT2D eigenvalue weighted by Crippen LogP contribution is -2.46.